The van der Waals surface area contributed by atoms with Gasteiger partial charge in [0.25, 0.3) is 5.91 Å². The maximum atomic E-state index is 12.4. The van der Waals surface area contributed by atoms with Crippen LogP contribution >= 0.6 is 11.6 Å². The van der Waals surface area contributed by atoms with Crippen molar-refractivity contribution >= 4 is 34.9 Å². The van der Waals surface area contributed by atoms with Crippen molar-refractivity contribution in [2.75, 3.05) is 56.3 Å². The van der Waals surface area contributed by atoms with Gasteiger partial charge in [-0.2, -0.15) is 0 Å². The molecule has 1 aromatic heterocycles. The molecule has 0 unspecified atom stereocenters. The van der Waals surface area contributed by atoms with Gasteiger partial charge in [-0.3, -0.25) is 4.79 Å². The summed E-state index contributed by atoms with van der Waals surface area (Å²) in [4.78, 5) is 29.2. The van der Waals surface area contributed by atoms with Crippen LogP contribution in [0.15, 0.2) is 24.4 Å². The van der Waals surface area contributed by atoms with Crippen LogP contribution in [0.4, 0.5) is 11.4 Å². The topological polar surface area (TPSA) is 102 Å². The molecule has 2 aromatic rings. The fourth-order valence-electron chi connectivity index (χ4n) is 3.13. The van der Waals surface area contributed by atoms with Gasteiger partial charge in [0.1, 0.15) is 17.2 Å². The Kier molecular flexibility index (Phi) is 8.02. The number of aromatic amines is 1. The third-order valence-corrected chi connectivity index (χ3v) is 4.71. The number of H-pyrrole nitrogens is 1. The number of aromatic nitrogens is 1. The van der Waals surface area contributed by atoms with Crippen LogP contribution in [-0.4, -0.2) is 63.0 Å². The molecule has 168 valence electrons. The second-order valence-corrected chi connectivity index (χ2v) is 7.07. The van der Waals surface area contributed by atoms with Crippen molar-refractivity contribution in [1.82, 2.24) is 4.98 Å². The number of morpholine rings is 1. The average Bonchev–Trinajstić information content (AvgIpc) is 3.21. The van der Waals surface area contributed by atoms with Gasteiger partial charge >= 0.3 is 5.97 Å². The third kappa shape index (κ3) is 6.05. The first-order valence-electron chi connectivity index (χ1n) is 10.1. The molecule has 1 aliphatic heterocycles. The standard InChI is InChI=1S/C21H26ClN3O6/c1-3-29-18-11-17(25-5-7-28-8-6-25)19(30-4-2)10-15(18)24-20(26)13-31-21(27)16-9-14(22)12-23-16/h9-12,23H,3-8,13H2,1-2H3,(H,24,26). The van der Waals surface area contributed by atoms with Crippen LogP contribution in [0, 0.1) is 0 Å². The van der Waals surface area contributed by atoms with E-state index in [1.807, 2.05) is 19.9 Å². The molecular formula is C21H26ClN3O6. The van der Waals surface area contributed by atoms with Crippen LogP contribution in [0.3, 0.4) is 0 Å². The van der Waals surface area contributed by atoms with Crippen LogP contribution in [0.1, 0.15) is 24.3 Å². The Morgan fingerprint density at radius 1 is 1.13 bits per heavy atom. The summed E-state index contributed by atoms with van der Waals surface area (Å²) >= 11 is 5.78. The van der Waals surface area contributed by atoms with Gasteiger partial charge in [0, 0.05) is 31.4 Å². The third-order valence-electron chi connectivity index (χ3n) is 4.49. The highest BCUT2D eigenvalue weighted by Crippen LogP contribution is 2.39. The number of esters is 1. The minimum Gasteiger partial charge on any atom is -0.492 e. The molecule has 1 saturated heterocycles. The first-order chi connectivity index (χ1) is 15.0. The van der Waals surface area contributed by atoms with E-state index >= 15 is 0 Å². The summed E-state index contributed by atoms with van der Waals surface area (Å²) < 4.78 is 22.0. The van der Waals surface area contributed by atoms with Crippen molar-refractivity contribution in [2.24, 2.45) is 0 Å². The summed E-state index contributed by atoms with van der Waals surface area (Å²) in [5.74, 6) is -0.0530. The fraction of sp³-hybridized carbons (Fsp3) is 0.429. The molecule has 0 atom stereocenters. The average molecular weight is 452 g/mol. The Hall–Kier alpha value is -2.91. The molecule has 1 amide bonds. The number of amides is 1. The summed E-state index contributed by atoms with van der Waals surface area (Å²) in [6.45, 7) is 6.90. The summed E-state index contributed by atoms with van der Waals surface area (Å²) in [6.07, 6.45) is 1.46. The minimum absolute atomic E-state index is 0.168. The first-order valence-corrected chi connectivity index (χ1v) is 10.5. The first kappa shape index (κ1) is 22.8. The second-order valence-electron chi connectivity index (χ2n) is 6.64. The zero-order valence-corrected chi connectivity index (χ0v) is 18.3. The van der Waals surface area contributed by atoms with E-state index in [-0.39, 0.29) is 5.69 Å². The summed E-state index contributed by atoms with van der Waals surface area (Å²) in [5, 5.41) is 3.11. The lowest BCUT2D eigenvalue weighted by Crippen LogP contribution is -2.36. The molecule has 9 nitrogen and oxygen atoms in total. The number of hydrogen-bond donors (Lipinski definition) is 2. The highest BCUT2D eigenvalue weighted by atomic mass is 35.5. The van der Waals surface area contributed by atoms with Gasteiger partial charge in [-0.1, -0.05) is 11.6 Å². The van der Waals surface area contributed by atoms with Crippen LogP contribution in [0.2, 0.25) is 5.02 Å². The van der Waals surface area contributed by atoms with Crippen LogP contribution < -0.4 is 19.7 Å². The van der Waals surface area contributed by atoms with E-state index in [4.69, 9.17) is 30.5 Å². The summed E-state index contributed by atoms with van der Waals surface area (Å²) in [7, 11) is 0. The maximum absolute atomic E-state index is 12.4. The lowest BCUT2D eigenvalue weighted by molar-refractivity contribution is -0.119. The van der Waals surface area contributed by atoms with Crippen molar-refractivity contribution in [3.8, 4) is 11.5 Å². The molecule has 1 fully saturated rings. The van der Waals surface area contributed by atoms with E-state index in [2.05, 4.69) is 15.2 Å². The molecule has 2 N–H and O–H groups in total. The predicted octanol–water partition coefficient (Wildman–Crippen LogP) is 3.10. The largest absolute Gasteiger partial charge is 0.492 e. The molecule has 0 aliphatic carbocycles. The van der Waals surface area contributed by atoms with E-state index in [0.717, 1.165) is 18.8 Å². The van der Waals surface area contributed by atoms with Crippen molar-refractivity contribution < 1.29 is 28.5 Å². The predicted molar refractivity (Wildman–Crippen MR) is 117 cm³/mol. The zero-order chi connectivity index (χ0) is 22.2. The van der Waals surface area contributed by atoms with E-state index in [0.29, 0.717) is 48.6 Å². The molecule has 0 radical (unpaired) electrons. The lowest BCUT2D eigenvalue weighted by Gasteiger charge is -2.31. The molecule has 0 saturated carbocycles. The number of nitrogens with zero attached hydrogens (tertiary/aromatic N) is 1. The van der Waals surface area contributed by atoms with Crippen molar-refractivity contribution in [2.45, 2.75) is 13.8 Å². The number of nitrogens with one attached hydrogen (secondary N) is 2. The number of anilines is 2. The van der Waals surface area contributed by atoms with Gasteiger partial charge in [-0.25, -0.2) is 4.79 Å². The second kappa shape index (κ2) is 10.9. The van der Waals surface area contributed by atoms with E-state index in [1.54, 1.807) is 6.07 Å². The van der Waals surface area contributed by atoms with Gasteiger partial charge in [0.2, 0.25) is 0 Å². The highest BCUT2D eigenvalue weighted by molar-refractivity contribution is 6.30. The van der Waals surface area contributed by atoms with Gasteiger partial charge < -0.3 is 34.1 Å². The van der Waals surface area contributed by atoms with E-state index < -0.39 is 18.5 Å². The normalized spacial score (nSPS) is 13.6. The van der Waals surface area contributed by atoms with Crippen LogP contribution in [0.5, 0.6) is 11.5 Å². The number of carbonyl (C=O) groups is 2. The number of benzene rings is 1. The Morgan fingerprint density at radius 3 is 2.48 bits per heavy atom. The molecule has 10 heteroatoms. The minimum atomic E-state index is -0.676. The quantitative estimate of drug-likeness (QED) is 0.565. The summed E-state index contributed by atoms with van der Waals surface area (Å²) in [5.41, 5.74) is 1.48. The monoisotopic (exact) mass is 451 g/mol. The Morgan fingerprint density at radius 2 is 1.84 bits per heavy atom. The van der Waals surface area contributed by atoms with Crippen molar-refractivity contribution in [3.05, 3.63) is 35.1 Å². The molecular weight excluding hydrogens is 426 g/mol. The zero-order valence-electron chi connectivity index (χ0n) is 17.5. The summed E-state index contributed by atoms with van der Waals surface area (Å²) in [6, 6.07) is 5.00. The van der Waals surface area contributed by atoms with E-state index in [1.165, 1.54) is 12.3 Å². The van der Waals surface area contributed by atoms with Crippen molar-refractivity contribution in [1.29, 1.82) is 0 Å². The lowest BCUT2D eigenvalue weighted by atomic mass is 10.2. The Balaban J connectivity index is 1.74. The Labute approximate surface area is 185 Å². The SMILES string of the molecule is CCOc1cc(N2CCOCC2)c(OCC)cc1NC(=O)COC(=O)c1cc(Cl)c[nH]1. The molecule has 0 spiro atoms. The fourth-order valence-corrected chi connectivity index (χ4v) is 3.29. The number of rotatable bonds is 9. The van der Waals surface area contributed by atoms with Gasteiger partial charge in [-0.05, 0) is 19.9 Å². The number of hydrogen-bond acceptors (Lipinski definition) is 7. The van der Waals surface area contributed by atoms with E-state index in [9.17, 15) is 9.59 Å². The number of carbonyl (C=O) groups excluding carboxylic acids is 2. The molecule has 2 heterocycles. The number of ether oxygens (including phenoxy) is 4. The van der Waals surface area contributed by atoms with Gasteiger partial charge in [-0.15, -0.1) is 0 Å². The van der Waals surface area contributed by atoms with Gasteiger partial charge in [0.05, 0.1) is 42.8 Å². The van der Waals surface area contributed by atoms with Crippen LogP contribution in [-0.2, 0) is 14.3 Å². The van der Waals surface area contributed by atoms with Crippen molar-refractivity contribution in [3.63, 3.8) is 0 Å². The highest BCUT2D eigenvalue weighted by Gasteiger charge is 2.21. The number of halogens is 1. The van der Waals surface area contributed by atoms with Crippen LogP contribution in [0.25, 0.3) is 0 Å². The molecule has 1 aromatic carbocycles. The molecule has 0 bridgehead atoms. The Bertz CT molecular complexity index is 911. The molecule has 3 rings (SSSR count). The maximum Gasteiger partial charge on any atom is 0.355 e. The smallest absolute Gasteiger partial charge is 0.355 e. The molecule has 31 heavy (non-hydrogen) atoms. The molecule has 1 aliphatic rings. The van der Waals surface area contributed by atoms with Gasteiger partial charge in [0.15, 0.2) is 6.61 Å².